The molecule has 0 N–H and O–H groups in total. The third-order valence-electron chi connectivity index (χ3n) is 3.48. The summed E-state index contributed by atoms with van der Waals surface area (Å²) in [6, 6.07) is 12.0. The summed E-state index contributed by atoms with van der Waals surface area (Å²) in [7, 11) is 0. The number of hydrogen-bond acceptors (Lipinski definition) is 4. The van der Waals surface area contributed by atoms with E-state index in [1.54, 1.807) is 6.33 Å². The summed E-state index contributed by atoms with van der Waals surface area (Å²) in [5.74, 6) is 2.36. The summed E-state index contributed by atoms with van der Waals surface area (Å²) < 4.78 is 5.89. The smallest absolute Gasteiger partial charge is 0.134 e. The second kappa shape index (κ2) is 5.49. The van der Waals surface area contributed by atoms with Crippen molar-refractivity contribution in [3.05, 3.63) is 48.4 Å². The van der Waals surface area contributed by atoms with Crippen LogP contribution < -0.4 is 9.64 Å². The van der Waals surface area contributed by atoms with Gasteiger partial charge in [0.15, 0.2) is 0 Å². The average Bonchev–Trinajstić information content (AvgIpc) is 2.43. The van der Waals surface area contributed by atoms with Crippen molar-refractivity contribution in [1.29, 1.82) is 0 Å². The molecular formula is C16H19N3O. The topological polar surface area (TPSA) is 38.2 Å². The van der Waals surface area contributed by atoms with E-state index in [1.165, 1.54) is 0 Å². The van der Waals surface area contributed by atoms with E-state index in [9.17, 15) is 0 Å². The third kappa shape index (κ3) is 2.74. The zero-order chi connectivity index (χ0) is 13.9. The number of aromatic nitrogens is 2. The van der Waals surface area contributed by atoms with Crippen LogP contribution in [0.2, 0.25) is 0 Å². The highest BCUT2D eigenvalue weighted by Gasteiger charge is 2.29. The monoisotopic (exact) mass is 269 g/mol. The van der Waals surface area contributed by atoms with Gasteiger partial charge >= 0.3 is 0 Å². The Kier molecular flexibility index (Phi) is 3.54. The molecule has 0 amide bonds. The van der Waals surface area contributed by atoms with Crippen LogP contribution in [0.25, 0.3) is 0 Å². The van der Waals surface area contributed by atoms with E-state index in [-0.39, 0.29) is 6.10 Å². The van der Waals surface area contributed by atoms with Gasteiger partial charge in [0, 0.05) is 11.8 Å². The molecule has 0 unspecified atom stereocenters. The lowest BCUT2D eigenvalue weighted by atomic mass is 10.1. The van der Waals surface area contributed by atoms with E-state index in [2.05, 4.69) is 34.8 Å². The highest BCUT2D eigenvalue weighted by Crippen LogP contribution is 2.24. The van der Waals surface area contributed by atoms with E-state index in [1.807, 2.05) is 30.3 Å². The molecule has 0 atom stereocenters. The highest BCUT2D eigenvalue weighted by atomic mass is 16.5. The van der Waals surface area contributed by atoms with Crippen molar-refractivity contribution in [2.45, 2.75) is 25.9 Å². The summed E-state index contributed by atoms with van der Waals surface area (Å²) >= 11 is 0. The Balaban J connectivity index is 1.59. The zero-order valence-corrected chi connectivity index (χ0v) is 11.9. The first-order valence-corrected chi connectivity index (χ1v) is 7.01. The van der Waals surface area contributed by atoms with Gasteiger partial charge in [-0.1, -0.05) is 32.0 Å². The van der Waals surface area contributed by atoms with Gasteiger partial charge in [-0.3, -0.25) is 0 Å². The molecule has 1 aromatic heterocycles. The van der Waals surface area contributed by atoms with Crippen LogP contribution in [0.1, 0.15) is 25.5 Å². The molecule has 2 heterocycles. The first kappa shape index (κ1) is 12.9. The zero-order valence-electron chi connectivity index (χ0n) is 11.9. The molecule has 20 heavy (non-hydrogen) atoms. The molecule has 0 bridgehead atoms. The molecule has 3 rings (SSSR count). The Morgan fingerprint density at radius 2 is 1.90 bits per heavy atom. The number of rotatable bonds is 4. The van der Waals surface area contributed by atoms with Crippen LogP contribution in [0, 0.1) is 0 Å². The molecule has 1 fully saturated rings. The van der Waals surface area contributed by atoms with Gasteiger partial charge in [0.25, 0.3) is 0 Å². The Morgan fingerprint density at radius 3 is 2.60 bits per heavy atom. The van der Waals surface area contributed by atoms with Crippen LogP contribution in [-0.4, -0.2) is 29.2 Å². The largest absolute Gasteiger partial charge is 0.487 e. The lowest BCUT2D eigenvalue weighted by Gasteiger charge is -2.39. The van der Waals surface area contributed by atoms with E-state index in [4.69, 9.17) is 4.74 Å². The maximum absolute atomic E-state index is 5.89. The van der Waals surface area contributed by atoms with Crippen molar-refractivity contribution >= 4 is 5.82 Å². The number of anilines is 1. The minimum absolute atomic E-state index is 0.245. The van der Waals surface area contributed by atoms with Gasteiger partial charge < -0.3 is 9.64 Å². The van der Waals surface area contributed by atoms with Crippen LogP contribution in [-0.2, 0) is 0 Å². The summed E-state index contributed by atoms with van der Waals surface area (Å²) in [6.45, 7) is 6.04. The number of ether oxygens (including phenoxy) is 1. The van der Waals surface area contributed by atoms with Crippen molar-refractivity contribution in [2.75, 3.05) is 18.0 Å². The first-order valence-electron chi connectivity index (χ1n) is 7.01. The molecule has 0 spiro atoms. The van der Waals surface area contributed by atoms with Crippen molar-refractivity contribution in [2.24, 2.45) is 0 Å². The molecule has 0 saturated carbocycles. The minimum Gasteiger partial charge on any atom is -0.487 e. The lowest BCUT2D eigenvalue weighted by Crippen LogP contribution is -2.54. The first-order chi connectivity index (χ1) is 9.72. The highest BCUT2D eigenvalue weighted by molar-refractivity contribution is 5.43. The summed E-state index contributed by atoms with van der Waals surface area (Å²) in [4.78, 5) is 10.9. The molecule has 4 nitrogen and oxygen atoms in total. The molecule has 0 aliphatic carbocycles. The molecule has 4 heteroatoms. The molecule has 2 aromatic rings. The standard InChI is InChI=1S/C16H19N3O/c1-12(2)15-8-16(18-11-17-15)19-9-14(10-19)20-13-6-4-3-5-7-13/h3-8,11-12,14H,9-10H2,1-2H3. The van der Waals surface area contributed by atoms with Crippen molar-refractivity contribution in [3.8, 4) is 5.75 Å². The predicted octanol–water partition coefficient (Wildman–Crippen LogP) is 2.87. The number of para-hydroxylation sites is 1. The average molecular weight is 269 g/mol. The maximum atomic E-state index is 5.89. The van der Waals surface area contributed by atoms with Gasteiger partial charge in [0.1, 0.15) is 24.0 Å². The van der Waals surface area contributed by atoms with Gasteiger partial charge in [-0.05, 0) is 18.1 Å². The van der Waals surface area contributed by atoms with Crippen LogP contribution in [0.15, 0.2) is 42.7 Å². The Morgan fingerprint density at radius 1 is 1.15 bits per heavy atom. The van der Waals surface area contributed by atoms with Gasteiger partial charge in [-0.25, -0.2) is 9.97 Å². The van der Waals surface area contributed by atoms with Gasteiger partial charge in [0.05, 0.1) is 13.1 Å². The molecule has 1 saturated heterocycles. The van der Waals surface area contributed by atoms with Crippen LogP contribution in [0.4, 0.5) is 5.82 Å². The predicted molar refractivity (Wildman–Crippen MR) is 79.2 cm³/mol. The maximum Gasteiger partial charge on any atom is 0.134 e. The quantitative estimate of drug-likeness (QED) is 0.855. The van der Waals surface area contributed by atoms with Crippen molar-refractivity contribution < 1.29 is 4.74 Å². The number of nitrogens with zero attached hydrogens (tertiary/aromatic N) is 3. The molecule has 0 radical (unpaired) electrons. The number of benzene rings is 1. The Hall–Kier alpha value is -2.10. The minimum atomic E-state index is 0.245. The van der Waals surface area contributed by atoms with Crippen LogP contribution >= 0.6 is 0 Å². The van der Waals surface area contributed by atoms with Gasteiger partial charge in [-0.15, -0.1) is 0 Å². The third-order valence-corrected chi connectivity index (χ3v) is 3.48. The van der Waals surface area contributed by atoms with Crippen molar-refractivity contribution in [3.63, 3.8) is 0 Å². The number of hydrogen-bond donors (Lipinski definition) is 0. The van der Waals surface area contributed by atoms with E-state index < -0.39 is 0 Å². The normalized spacial score (nSPS) is 15.2. The Bertz CT molecular complexity index is 565. The van der Waals surface area contributed by atoms with Gasteiger partial charge in [0.2, 0.25) is 0 Å². The van der Waals surface area contributed by atoms with Gasteiger partial charge in [-0.2, -0.15) is 0 Å². The fourth-order valence-electron chi connectivity index (χ4n) is 2.24. The summed E-state index contributed by atoms with van der Waals surface area (Å²) in [6.07, 6.45) is 1.89. The molecule has 1 aliphatic heterocycles. The van der Waals surface area contributed by atoms with E-state index in [0.29, 0.717) is 5.92 Å². The summed E-state index contributed by atoms with van der Waals surface area (Å²) in [5.41, 5.74) is 1.09. The Labute approximate surface area is 119 Å². The fourth-order valence-corrected chi connectivity index (χ4v) is 2.24. The second-order valence-electron chi connectivity index (χ2n) is 5.41. The van der Waals surface area contributed by atoms with E-state index >= 15 is 0 Å². The second-order valence-corrected chi connectivity index (χ2v) is 5.41. The molecule has 104 valence electrons. The van der Waals surface area contributed by atoms with Crippen LogP contribution in [0.3, 0.4) is 0 Å². The molecular weight excluding hydrogens is 250 g/mol. The van der Waals surface area contributed by atoms with E-state index in [0.717, 1.165) is 30.4 Å². The SMILES string of the molecule is CC(C)c1cc(N2CC(Oc3ccccc3)C2)ncn1. The molecule has 1 aliphatic rings. The molecule has 1 aromatic carbocycles. The lowest BCUT2D eigenvalue weighted by molar-refractivity contribution is 0.167. The summed E-state index contributed by atoms with van der Waals surface area (Å²) in [5, 5.41) is 0. The van der Waals surface area contributed by atoms with Crippen molar-refractivity contribution in [1.82, 2.24) is 9.97 Å². The van der Waals surface area contributed by atoms with Crippen LogP contribution in [0.5, 0.6) is 5.75 Å². The fraction of sp³-hybridized carbons (Fsp3) is 0.375.